The van der Waals surface area contributed by atoms with E-state index in [4.69, 9.17) is 4.52 Å². The lowest BCUT2D eigenvalue weighted by atomic mass is 10.2. The largest absolute Gasteiger partial charge is 0.364 e. The van der Waals surface area contributed by atoms with Crippen molar-refractivity contribution in [2.45, 2.75) is 26.9 Å². The van der Waals surface area contributed by atoms with Gasteiger partial charge in [-0.05, 0) is 13.8 Å². The van der Waals surface area contributed by atoms with E-state index < -0.39 is 0 Å². The summed E-state index contributed by atoms with van der Waals surface area (Å²) in [6, 6.07) is 1.85. The monoisotopic (exact) mass is 418 g/mol. The third kappa shape index (κ3) is 4.21. The quantitative estimate of drug-likeness (QED) is 0.466. The Morgan fingerprint density at radius 3 is 2.68 bits per heavy atom. The van der Waals surface area contributed by atoms with E-state index in [2.05, 4.69) is 27.5 Å². The number of aromatic nitrogens is 3. The number of guanidine groups is 1. The van der Waals surface area contributed by atoms with Gasteiger partial charge in [0, 0.05) is 45.0 Å². The number of hydrogen-bond donors (Lipinski definition) is 1. The maximum Gasteiger partial charge on any atom is 0.194 e. The number of halogens is 1. The predicted octanol–water partition coefficient (Wildman–Crippen LogP) is 1.85. The minimum atomic E-state index is 0. The van der Waals surface area contributed by atoms with Crippen molar-refractivity contribution < 1.29 is 4.52 Å². The van der Waals surface area contributed by atoms with Gasteiger partial charge in [-0.25, -0.2) is 0 Å². The molecule has 0 radical (unpaired) electrons. The Labute approximate surface area is 147 Å². The molecule has 0 unspecified atom stereocenters. The molecule has 2 aromatic heterocycles. The summed E-state index contributed by atoms with van der Waals surface area (Å²) in [7, 11) is 5.69. The number of hydrogen-bond acceptors (Lipinski definition) is 4. The van der Waals surface area contributed by atoms with Gasteiger partial charge in [-0.15, -0.1) is 24.0 Å². The van der Waals surface area contributed by atoms with Crippen molar-refractivity contribution in [1.29, 1.82) is 0 Å². The second kappa shape index (κ2) is 8.16. The molecule has 2 aromatic rings. The first kappa shape index (κ1) is 18.5. The molecule has 0 aliphatic carbocycles. The molecule has 7 nitrogen and oxygen atoms in total. The van der Waals surface area contributed by atoms with E-state index in [0.717, 1.165) is 23.0 Å². The van der Waals surface area contributed by atoms with Gasteiger partial charge in [0.15, 0.2) is 5.96 Å². The standard InChI is InChI=1S/C14H22N6O.HI/c1-10-13(11(2)20(5)17-10)8-16-14(15-3)19(4)9-12-6-7-21-18-12;/h6-7H,8-9H2,1-5H3,(H,15,16);1H. The van der Waals surface area contributed by atoms with E-state index in [1.54, 1.807) is 13.3 Å². The van der Waals surface area contributed by atoms with Crippen LogP contribution in [0.15, 0.2) is 21.8 Å². The third-order valence-electron chi connectivity index (χ3n) is 3.55. The number of aliphatic imine (C=N–C) groups is 1. The van der Waals surface area contributed by atoms with Crippen LogP contribution in [-0.4, -0.2) is 39.9 Å². The number of nitrogens with one attached hydrogen (secondary N) is 1. The van der Waals surface area contributed by atoms with Crippen LogP contribution in [0.4, 0.5) is 0 Å². The first-order chi connectivity index (χ1) is 10.0. The fourth-order valence-electron chi connectivity index (χ4n) is 2.26. The molecular formula is C14H23IN6O. The van der Waals surface area contributed by atoms with E-state index in [-0.39, 0.29) is 24.0 Å². The fourth-order valence-corrected chi connectivity index (χ4v) is 2.26. The second-order valence-electron chi connectivity index (χ2n) is 5.02. The minimum Gasteiger partial charge on any atom is -0.364 e. The Balaban J connectivity index is 0.00000242. The van der Waals surface area contributed by atoms with Gasteiger partial charge in [-0.3, -0.25) is 9.67 Å². The summed E-state index contributed by atoms with van der Waals surface area (Å²) in [5, 5.41) is 11.7. The summed E-state index contributed by atoms with van der Waals surface area (Å²) in [6.07, 6.45) is 1.57. The molecule has 2 rings (SSSR count). The van der Waals surface area contributed by atoms with Crippen LogP contribution in [0.3, 0.4) is 0 Å². The van der Waals surface area contributed by atoms with Crippen molar-refractivity contribution in [3.63, 3.8) is 0 Å². The average molecular weight is 418 g/mol. The Kier molecular flexibility index (Phi) is 6.85. The van der Waals surface area contributed by atoms with Gasteiger partial charge in [0.05, 0.1) is 12.2 Å². The highest BCUT2D eigenvalue weighted by molar-refractivity contribution is 14.0. The Morgan fingerprint density at radius 2 is 2.18 bits per heavy atom. The first-order valence-corrected chi connectivity index (χ1v) is 6.83. The zero-order valence-electron chi connectivity index (χ0n) is 13.6. The molecular weight excluding hydrogens is 395 g/mol. The molecule has 0 aliphatic heterocycles. The molecule has 0 saturated heterocycles. The van der Waals surface area contributed by atoms with Crippen molar-refractivity contribution in [3.05, 3.63) is 35.0 Å². The highest BCUT2D eigenvalue weighted by Gasteiger charge is 2.12. The summed E-state index contributed by atoms with van der Waals surface area (Å²) in [6.45, 7) is 5.42. The molecule has 122 valence electrons. The molecule has 0 aromatic carbocycles. The normalized spacial score (nSPS) is 11.2. The minimum absolute atomic E-state index is 0. The van der Waals surface area contributed by atoms with Gasteiger partial charge in [0.2, 0.25) is 0 Å². The Hall–Kier alpha value is -1.58. The van der Waals surface area contributed by atoms with E-state index in [0.29, 0.717) is 13.1 Å². The summed E-state index contributed by atoms with van der Waals surface area (Å²) < 4.78 is 6.74. The maximum atomic E-state index is 4.84. The first-order valence-electron chi connectivity index (χ1n) is 6.83. The van der Waals surface area contributed by atoms with Gasteiger partial charge in [-0.1, -0.05) is 5.16 Å². The smallest absolute Gasteiger partial charge is 0.194 e. The topological polar surface area (TPSA) is 71.5 Å². The molecule has 0 saturated carbocycles. The number of aryl methyl sites for hydroxylation is 2. The zero-order valence-corrected chi connectivity index (χ0v) is 16.0. The van der Waals surface area contributed by atoms with E-state index in [1.807, 2.05) is 36.7 Å². The summed E-state index contributed by atoms with van der Waals surface area (Å²) in [5.74, 6) is 0.806. The molecule has 0 bridgehead atoms. The van der Waals surface area contributed by atoms with E-state index >= 15 is 0 Å². The highest BCUT2D eigenvalue weighted by Crippen LogP contribution is 2.11. The Bertz CT molecular complexity index is 620. The molecule has 1 N–H and O–H groups in total. The zero-order chi connectivity index (χ0) is 15.4. The Morgan fingerprint density at radius 1 is 1.45 bits per heavy atom. The van der Waals surface area contributed by atoms with E-state index in [9.17, 15) is 0 Å². The van der Waals surface area contributed by atoms with Crippen molar-refractivity contribution in [3.8, 4) is 0 Å². The average Bonchev–Trinajstić information content (AvgIpc) is 3.02. The van der Waals surface area contributed by atoms with Crippen LogP contribution in [0.5, 0.6) is 0 Å². The molecule has 2 heterocycles. The van der Waals surface area contributed by atoms with E-state index in [1.165, 1.54) is 5.56 Å². The van der Waals surface area contributed by atoms with Crippen LogP contribution in [0.2, 0.25) is 0 Å². The SMILES string of the molecule is CN=C(NCc1c(C)nn(C)c1C)N(C)Cc1ccon1.I. The molecule has 8 heteroatoms. The second-order valence-corrected chi connectivity index (χ2v) is 5.02. The van der Waals surface area contributed by atoms with Crippen molar-refractivity contribution >= 4 is 29.9 Å². The van der Waals surface area contributed by atoms with Crippen molar-refractivity contribution in [2.24, 2.45) is 12.0 Å². The lowest BCUT2D eigenvalue weighted by Gasteiger charge is -2.21. The number of nitrogens with zero attached hydrogens (tertiary/aromatic N) is 5. The van der Waals surface area contributed by atoms with Gasteiger partial charge < -0.3 is 14.7 Å². The lowest BCUT2D eigenvalue weighted by molar-refractivity contribution is 0.391. The fraction of sp³-hybridized carbons (Fsp3) is 0.500. The maximum absolute atomic E-state index is 4.84. The van der Waals surface area contributed by atoms with Crippen LogP contribution < -0.4 is 5.32 Å². The van der Waals surface area contributed by atoms with Crippen LogP contribution in [0, 0.1) is 13.8 Å². The van der Waals surface area contributed by atoms with Gasteiger partial charge in [-0.2, -0.15) is 5.10 Å². The summed E-state index contributed by atoms with van der Waals surface area (Å²) in [5.41, 5.74) is 4.27. The van der Waals surface area contributed by atoms with Crippen LogP contribution >= 0.6 is 24.0 Å². The van der Waals surface area contributed by atoms with Gasteiger partial charge in [0.1, 0.15) is 12.0 Å². The third-order valence-corrected chi connectivity index (χ3v) is 3.55. The highest BCUT2D eigenvalue weighted by atomic mass is 127. The van der Waals surface area contributed by atoms with Crippen molar-refractivity contribution in [2.75, 3.05) is 14.1 Å². The lowest BCUT2D eigenvalue weighted by Crippen LogP contribution is -2.38. The van der Waals surface area contributed by atoms with Crippen LogP contribution in [0.25, 0.3) is 0 Å². The summed E-state index contributed by atoms with van der Waals surface area (Å²) in [4.78, 5) is 6.29. The molecule has 0 spiro atoms. The summed E-state index contributed by atoms with van der Waals surface area (Å²) >= 11 is 0. The molecule has 0 amide bonds. The molecule has 0 atom stereocenters. The number of rotatable bonds is 4. The molecule has 0 fully saturated rings. The van der Waals surface area contributed by atoms with Gasteiger partial charge in [0.25, 0.3) is 0 Å². The predicted molar refractivity (Wildman–Crippen MR) is 96.3 cm³/mol. The van der Waals surface area contributed by atoms with Crippen LogP contribution in [-0.2, 0) is 20.1 Å². The van der Waals surface area contributed by atoms with Gasteiger partial charge >= 0.3 is 0 Å². The molecule has 0 aliphatic rings. The van der Waals surface area contributed by atoms with Crippen molar-refractivity contribution in [1.82, 2.24) is 25.2 Å². The van der Waals surface area contributed by atoms with Crippen LogP contribution in [0.1, 0.15) is 22.6 Å². The molecule has 22 heavy (non-hydrogen) atoms.